The van der Waals surface area contributed by atoms with Crippen LogP contribution in [0.2, 0.25) is 0 Å². The molecule has 1 aliphatic rings. The molecule has 3 amide bonds. The summed E-state index contributed by atoms with van der Waals surface area (Å²) in [5.41, 5.74) is 5.77. The van der Waals surface area contributed by atoms with Gasteiger partial charge >= 0.3 is 5.97 Å². The Labute approximate surface area is 147 Å². The van der Waals surface area contributed by atoms with E-state index in [1.807, 2.05) is 13.8 Å². The molecule has 1 fully saturated rings. The second-order valence-corrected chi connectivity index (χ2v) is 6.45. The fraction of sp³-hybridized carbons (Fsp3) is 0.750. The lowest BCUT2D eigenvalue weighted by molar-refractivity contribution is -0.149. The molecule has 25 heavy (non-hydrogen) atoms. The highest BCUT2D eigenvalue weighted by Gasteiger charge is 2.36. The van der Waals surface area contributed by atoms with Gasteiger partial charge in [0.25, 0.3) is 0 Å². The van der Waals surface area contributed by atoms with E-state index in [-0.39, 0.29) is 12.5 Å². The highest BCUT2D eigenvalue weighted by molar-refractivity contribution is 5.92. The van der Waals surface area contributed by atoms with Gasteiger partial charge in [0.15, 0.2) is 0 Å². The Hall–Kier alpha value is -2.16. The van der Waals surface area contributed by atoms with Gasteiger partial charge in [0, 0.05) is 6.54 Å². The molecule has 0 aromatic rings. The number of hydrogen-bond acceptors (Lipinski definition) is 5. The number of hydrogen-bond donors (Lipinski definition) is 4. The molecule has 0 aliphatic carbocycles. The normalized spacial score (nSPS) is 20.5. The van der Waals surface area contributed by atoms with Gasteiger partial charge in [-0.25, -0.2) is 4.79 Å². The third-order valence-corrected chi connectivity index (χ3v) is 4.55. The molecule has 0 radical (unpaired) electrons. The number of carbonyl (C=O) groups is 4. The van der Waals surface area contributed by atoms with Crippen LogP contribution in [0, 0.1) is 5.92 Å². The second-order valence-electron chi connectivity index (χ2n) is 6.45. The summed E-state index contributed by atoms with van der Waals surface area (Å²) in [4.78, 5) is 48.5. The highest BCUT2D eigenvalue weighted by atomic mass is 16.4. The number of likely N-dealkylation sites (tertiary alicyclic amines) is 1. The molecule has 1 heterocycles. The first kappa shape index (κ1) is 20.9. The van der Waals surface area contributed by atoms with Gasteiger partial charge in [-0.15, -0.1) is 0 Å². The maximum Gasteiger partial charge on any atom is 0.326 e. The average molecular weight is 356 g/mol. The summed E-state index contributed by atoms with van der Waals surface area (Å²) in [6.45, 7) is 5.32. The predicted octanol–water partition coefficient (Wildman–Crippen LogP) is -0.944. The minimum atomic E-state index is -1.05. The number of carboxylic acid groups (broad SMARTS) is 1. The highest BCUT2D eigenvalue weighted by Crippen LogP contribution is 2.18. The van der Waals surface area contributed by atoms with Crippen molar-refractivity contribution in [1.82, 2.24) is 15.5 Å². The summed E-state index contributed by atoms with van der Waals surface area (Å²) in [7, 11) is 0. The molecule has 142 valence electrons. The first-order valence-corrected chi connectivity index (χ1v) is 8.54. The number of carboxylic acids is 1. The molecule has 0 aromatic heterocycles. The van der Waals surface area contributed by atoms with Crippen molar-refractivity contribution < 1.29 is 24.3 Å². The molecule has 0 aromatic carbocycles. The van der Waals surface area contributed by atoms with E-state index in [2.05, 4.69) is 10.6 Å². The summed E-state index contributed by atoms with van der Waals surface area (Å²) in [6, 6.07) is -2.41. The monoisotopic (exact) mass is 356 g/mol. The molecule has 1 aliphatic heterocycles. The molecule has 0 bridgehead atoms. The fourth-order valence-corrected chi connectivity index (χ4v) is 2.69. The van der Waals surface area contributed by atoms with Gasteiger partial charge < -0.3 is 26.4 Å². The number of amides is 3. The molecular weight excluding hydrogens is 328 g/mol. The van der Waals surface area contributed by atoms with Crippen LogP contribution in [0.3, 0.4) is 0 Å². The van der Waals surface area contributed by atoms with Crippen molar-refractivity contribution >= 4 is 23.7 Å². The molecule has 1 saturated heterocycles. The zero-order valence-electron chi connectivity index (χ0n) is 14.9. The third kappa shape index (κ3) is 5.70. The van der Waals surface area contributed by atoms with Crippen molar-refractivity contribution in [2.45, 2.75) is 58.2 Å². The predicted molar refractivity (Wildman–Crippen MR) is 90.4 cm³/mol. The lowest BCUT2D eigenvalue weighted by Gasteiger charge is -2.25. The molecule has 9 nitrogen and oxygen atoms in total. The third-order valence-electron chi connectivity index (χ3n) is 4.55. The molecule has 9 heteroatoms. The summed E-state index contributed by atoms with van der Waals surface area (Å²) >= 11 is 0. The van der Waals surface area contributed by atoms with Gasteiger partial charge in [-0.05, 0) is 25.7 Å². The first-order valence-electron chi connectivity index (χ1n) is 8.54. The van der Waals surface area contributed by atoms with Gasteiger partial charge in [-0.1, -0.05) is 20.3 Å². The number of rotatable bonds is 8. The van der Waals surface area contributed by atoms with E-state index < -0.39 is 41.8 Å². The molecule has 4 unspecified atom stereocenters. The summed E-state index contributed by atoms with van der Waals surface area (Å²) in [5.74, 6) is -2.45. The van der Waals surface area contributed by atoms with E-state index in [0.29, 0.717) is 19.4 Å². The van der Waals surface area contributed by atoms with Crippen molar-refractivity contribution in [3.05, 3.63) is 0 Å². The van der Waals surface area contributed by atoms with Crippen molar-refractivity contribution in [2.75, 3.05) is 13.1 Å². The van der Waals surface area contributed by atoms with Crippen LogP contribution in [0.1, 0.15) is 40.0 Å². The maximum absolute atomic E-state index is 12.3. The van der Waals surface area contributed by atoms with E-state index in [9.17, 15) is 19.2 Å². The lowest BCUT2D eigenvalue weighted by Crippen LogP contribution is -2.53. The number of nitrogens with two attached hydrogens (primary N) is 1. The minimum absolute atomic E-state index is 0.00770. The number of aliphatic carboxylic acids is 1. The molecule has 1 rings (SSSR count). The van der Waals surface area contributed by atoms with E-state index in [1.54, 1.807) is 0 Å². The number of nitrogens with zero attached hydrogens (tertiary/aromatic N) is 1. The van der Waals surface area contributed by atoms with Crippen molar-refractivity contribution in [3.8, 4) is 0 Å². The molecule has 4 atom stereocenters. The molecular formula is C16H28N4O5. The minimum Gasteiger partial charge on any atom is -0.480 e. The van der Waals surface area contributed by atoms with Crippen LogP contribution < -0.4 is 16.4 Å². The van der Waals surface area contributed by atoms with Gasteiger partial charge in [0.05, 0.1) is 12.6 Å². The van der Waals surface area contributed by atoms with Crippen molar-refractivity contribution in [2.24, 2.45) is 11.7 Å². The lowest BCUT2D eigenvalue weighted by atomic mass is 9.99. The number of nitrogens with one attached hydrogen (secondary N) is 2. The topological polar surface area (TPSA) is 142 Å². The van der Waals surface area contributed by atoms with Crippen LogP contribution in [0.4, 0.5) is 0 Å². The van der Waals surface area contributed by atoms with E-state index >= 15 is 0 Å². The Bertz CT molecular complexity index is 525. The van der Waals surface area contributed by atoms with Crippen LogP contribution in [-0.4, -0.2) is 64.9 Å². The quantitative estimate of drug-likeness (QED) is 0.442. The van der Waals surface area contributed by atoms with Crippen LogP contribution >= 0.6 is 0 Å². The fourth-order valence-electron chi connectivity index (χ4n) is 2.69. The smallest absolute Gasteiger partial charge is 0.326 e. The van der Waals surface area contributed by atoms with Crippen molar-refractivity contribution in [3.63, 3.8) is 0 Å². The average Bonchev–Trinajstić information content (AvgIpc) is 3.07. The van der Waals surface area contributed by atoms with Crippen LogP contribution in [0.25, 0.3) is 0 Å². The van der Waals surface area contributed by atoms with Gasteiger partial charge in [0.1, 0.15) is 12.1 Å². The van der Waals surface area contributed by atoms with Gasteiger partial charge in [0.2, 0.25) is 17.7 Å². The summed E-state index contributed by atoms with van der Waals surface area (Å²) < 4.78 is 0. The molecule has 0 saturated carbocycles. The SMILES string of the molecule is CCC(C)C(N)C(=O)NCC(=O)NC(C)C(=O)N1CCCC1C(=O)O. The second kappa shape index (κ2) is 9.36. The number of carbonyl (C=O) groups excluding carboxylic acids is 3. The Balaban J connectivity index is 2.47. The summed E-state index contributed by atoms with van der Waals surface area (Å²) in [5, 5.41) is 14.0. The van der Waals surface area contributed by atoms with E-state index in [1.165, 1.54) is 11.8 Å². The molecule has 5 N–H and O–H groups in total. The van der Waals surface area contributed by atoms with Gasteiger partial charge in [-0.3, -0.25) is 14.4 Å². The Kier molecular flexibility index (Phi) is 7.82. The van der Waals surface area contributed by atoms with Gasteiger partial charge in [-0.2, -0.15) is 0 Å². The van der Waals surface area contributed by atoms with E-state index in [4.69, 9.17) is 10.8 Å². The molecule has 0 spiro atoms. The largest absolute Gasteiger partial charge is 0.480 e. The van der Waals surface area contributed by atoms with E-state index in [0.717, 1.165) is 6.42 Å². The Morgan fingerprint density at radius 3 is 2.48 bits per heavy atom. The van der Waals surface area contributed by atoms with Crippen LogP contribution in [0.15, 0.2) is 0 Å². The van der Waals surface area contributed by atoms with Crippen molar-refractivity contribution in [1.29, 1.82) is 0 Å². The maximum atomic E-state index is 12.3. The van der Waals surface area contributed by atoms with Crippen LogP contribution in [-0.2, 0) is 19.2 Å². The Morgan fingerprint density at radius 1 is 1.28 bits per heavy atom. The zero-order chi connectivity index (χ0) is 19.1. The Morgan fingerprint density at radius 2 is 1.92 bits per heavy atom. The zero-order valence-corrected chi connectivity index (χ0v) is 14.9. The first-order chi connectivity index (χ1) is 11.7. The van der Waals surface area contributed by atoms with Crippen LogP contribution in [0.5, 0.6) is 0 Å². The standard InChI is InChI=1S/C16H28N4O5/c1-4-9(2)13(17)14(22)18-8-12(21)19-10(3)15(23)20-7-5-6-11(20)16(24)25/h9-11,13H,4-8,17H2,1-3H3,(H,18,22)(H,19,21)(H,24,25). The summed E-state index contributed by atoms with van der Waals surface area (Å²) in [6.07, 6.45) is 1.77.